The summed E-state index contributed by atoms with van der Waals surface area (Å²) in [4.78, 5) is 13.8. The fourth-order valence-electron chi connectivity index (χ4n) is 5.11. The topological polar surface area (TPSA) is 68.2 Å². The van der Waals surface area contributed by atoms with Gasteiger partial charge in [0.05, 0.1) is 19.6 Å². The molecule has 178 valence electrons. The maximum absolute atomic E-state index is 14.8. The molecule has 1 saturated heterocycles. The molecule has 0 amide bonds. The molecule has 0 radical (unpaired) electrons. The molecule has 2 heterocycles. The number of carboxylic acid groups (broad SMARTS) is 1. The summed E-state index contributed by atoms with van der Waals surface area (Å²) in [6.45, 7) is 6.02. The molecule has 1 unspecified atom stereocenters. The molecular weight excluding hydrogens is 425 g/mol. The second-order valence-electron chi connectivity index (χ2n) is 9.66. The number of methoxy groups -OCH3 is 2. The Kier molecular flexibility index (Phi) is 6.52. The zero-order valence-electron chi connectivity index (χ0n) is 19.7. The number of likely N-dealkylation sites (tertiary alicyclic amines) is 1. The van der Waals surface area contributed by atoms with Gasteiger partial charge in [-0.1, -0.05) is 6.07 Å². The van der Waals surface area contributed by atoms with Crippen molar-refractivity contribution in [3.05, 3.63) is 52.8 Å². The lowest BCUT2D eigenvalue weighted by Gasteiger charge is -2.39. The molecule has 4 rings (SSSR count). The monoisotopic (exact) mass is 457 g/mol. The summed E-state index contributed by atoms with van der Waals surface area (Å²) in [5, 5.41) is 9.49. The van der Waals surface area contributed by atoms with Gasteiger partial charge in [-0.15, -0.1) is 0 Å². The minimum Gasteiger partial charge on any atom is -0.497 e. The van der Waals surface area contributed by atoms with Gasteiger partial charge in [0, 0.05) is 24.1 Å². The lowest BCUT2D eigenvalue weighted by atomic mass is 9.74. The van der Waals surface area contributed by atoms with E-state index >= 15 is 0 Å². The van der Waals surface area contributed by atoms with Gasteiger partial charge in [-0.3, -0.25) is 4.79 Å². The molecule has 0 spiro atoms. The SMILES string of the molecule is COc1ccc2c(c1)COc1cc(OC)c(F)cc1C2C1CCN(CC(C)(C)C(=O)O)CC1. The van der Waals surface area contributed by atoms with Gasteiger partial charge in [0.2, 0.25) is 0 Å². The molecular formula is C26H32FNO5. The average Bonchev–Trinajstić information content (AvgIpc) is 2.94. The van der Waals surface area contributed by atoms with Crippen LogP contribution in [0.25, 0.3) is 0 Å². The maximum atomic E-state index is 14.8. The molecule has 7 heteroatoms. The number of ether oxygens (including phenoxy) is 3. The highest BCUT2D eigenvalue weighted by Gasteiger charge is 2.37. The fraction of sp³-hybridized carbons (Fsp3) is 0.500. The molecule has 2 aromatic carbocycles. The molecule has 0 aliphatic carbocycles. The van der Waals surface area contributed by atoms with Crippen molar-refractivity contribution in [3.63, 3.8) is 0 Å². The number of aliphatic carboxylic acids is 1. The van der Waals surface area contributed by atoms with Gasteiger partial charge in [0.25, 0.3) is 0 Å². The quantitative estimate of drug-likeness (QED) is 0.679. The van der Waals surface area contributed by atoms with Crippen LogP contribution in [-0.4, -0.2) is 49.8 Å². The Hall–Kier alpha value is -2.80. The van der Waals surface area contributed by atoms with Gasteiger partial charge in [-0.05, 0) is 75.0 Å². The zero-order chi connectivity index (χ0) is 23.8. The van der Waals surface area contributed by atoms with Crippen LogP contribution in [0.3, 0.4) is 0 Å². The number of hydrogen-bond acceptors (Lipinski definition) is 5. The first-order chi connectivity index (χ1) is 15.7. The van der Waals surface area contributed by atoms with Crippen LogP contribution < -0.4 is 14.2 Å². The Labute approximate surface area is 194 Å². The van der Waals surface area contributed by atoms with Crippen LogP contribution >= 0.6 is 0 Å². The van der Waals surface area contributed by atoms with E-state index in [1.807, 2.05) is 12.1 Å². The predicted molar refractivity (Wildman–Crippen MR) is 123 cm³/mol. The van der Waals surface area contributed by atoms with Gasteiger partial charge in [-0.25, -0.2) is 4.39 Å². The standard InChI is InChI=1S/C26H32FNO5/c1-26(2,25(29)30)15-28-9-7-16(8-10-28)24-19-6-5-18(31-3)11-17(19)14-33-22-13-23(32-4)21(27)12-20(22)24/h5-6,11-13,16,24H,7-10,14-15H2,1-4H3,(H,29,30). The minimum absolute atomic E-state index is 0.0292. The van der Waals surface area contributed by atoms with Crippen molar-refractivity contribution in [3.8, 4) is 17.2 Å². The largest absolute Gasteiger partial charge is 0.497 e. The van der Waals surface area contributed by atoms with E-state index in [0.29, 0.717) is 18.9 Å². The van der Waals surface area contributed by atoms with E-state index in [2.05, 4.69) is 11.0 Å². The van der Waals surface area contributed by atoms with Crippen LogP contribution in [0.5, 0.6) is 17.2 Å². The van der Waals surface area contributed by atoms with Gasteiger partial charge < -0.3 is 24.2 Å². The van der Waals surface area contributed by atoms with E-state index in [1.54, 1.807) is 33.1 Å². The first kappa shape index (κ1) is 23.4. The number of fused-ring (bicyclic) bond motifs is 2. The van der Waals surface area contributed by atoms with Crippen molar-refractivity contribution in [2.24, 2.45) is 11.3 Å². The third kappa shape index (κ3) is 4.64. The second-order valence-corrected chi connectivity index (χ2v) is 9.66. The Morgan fingerprint density at radius 3 is 2.52 bits per heavy atom. The summed E-state index contributed by atoms with van der Waals surface area (Å²) in [6.07, 6.45) is 1.78. The summed E-state index contributed by atoms with van der Waals surface area (Å²) in [5.74, 6) is 0.628. The molecule has 0 aromatic heterocycles. The van der Waals surface area contributed by atoms with Crippen molar-refractivity contribution in [2.75, 3.05) is 33.9 Å². The second kappa shape index (κ2) is 9.21. The zero-order valence-corrected chi connectivity index (χ0v) is 19.7. The van der Waals surface area contributed by atoms with E-state index < -0.39 is 17.2 Å². The number of carbonyl (C=O) groups is 1. The molecule has 0 saturated carbocycles. The summed E-state index contributed by atoms with van der Waals surface area (Å²) in [5.41, 5.74) is 2.20. The van der Waals surface area contributed by atoms with Crippen LogP contribution in [0.1, 0.15) is 49.3 Å². The first-order valence-corrected chi connectivity index (χ1v) is 11.4. The third-order valence-corrected chi connectivity index (χ3v) is 6.99. The molecule has 2 aliphatic rings. The van der Waals surface area contributed by atoms with Crippen LogP contribution in [0.4, 0.5) is 4.39 Å². The molecule has 2 aliphatic heterocycles. The predicted octanol–water partition coefficient (Wildman–Crippen LogP) is 4.69. The molecule has 2 aromatic rings. The molecule has 0 bridgehead atoms. The highest BCUT2D eigenvalue weighted by Crippen LogP contribution is 2.47. The Balaban J connectivity index is 1.67. The Bertz CT molecular complexity index is 1030. The van der Waals surface area contributed by atoms with Gasteiger partial charge in [0.1, 0.15) is 18.1 Å². The number of piperidine rings is 1. The molecule has 1 N–H and O–H groups in total. The summed E-state index contributed by atoms with van der Waals surface area (Å²) < 4.78 is 31.6. The number of benzene rings is 2. The van der Waals surface area contributed by atoms with E-state index in [4.69, 9.17) is 14.2 Å². The lowest BCUT2D eigenvalue weighted by Crippen LogP contribution is -2.43. The van der Waals surface area contributed by atoms with E-state index in [0.717, 1.165) is 48.4 Å². The lowest BCUT2D eigenvalue weighted by molar-refractivity contribution is -0.148. The summed E-state index contributed by atoms with van der Waals surface area (Å²) >= 11 is 0. The average molecular weight is 458 g/mol. The fourth-order valence-corrected chi connectivity index (χ4v) is 5.11. The molecule has 6 nitrogen and oxygen atoms in total. The van der Waals surface area contributed by atoms with Crippen molar-refractivity contribution < 1.29 is 28.5 Å². The van der Waals surface area contributed by atoms with Crippen LogP contribution in [0.2, 0.25) is 0 Å². The number of nitrogens with zero attached hydrogens (tertiary/aromatic N) is 1. The molecule has 1 atom stereocenters. The van der Waals surface area contributed by atoms with E-state index in [1.165, 1.54) is 7.11 Å². The van der Waals surface area contributed by atoms with Gasteiger partial charge >= 0.3 is 5.97 Å². The van der Waals surface area contributed by atoms with Crippen molar-refractivity contribution >= 4 is 5.97 Å². The van der Waals surface area contributed by atoms with Crippen molar-refractivity contribution in [1.82, 2.24) is 4.90 Å². The number of hydrogen-bond donors (Lipinski definition) is 1. The first-order valence-electron chi connectivity index (χ1n) is 11.4. The van der Waals surface area contributed by atoms with Gasteiger partial charge in [-0.2, -0.15) is 0 Å². The highest BCUT2D eigenvalue weighted by molar-refractivity contribution is 5.73. The van der Waals surface area contributed by atoms with E-state index in [9.17, 15) is 14.3 Å². The highest BCUT2D eigenvalue weighted by atomic mass is 19.1. The van der Waals surface area contributed by atoms with E-state index in [-0.39, 0.29) is 17.6 Å². The smallest absolute Gasteiger partial charge is 0.310 e. The number of halogens is 1. The normalized spacial score (nSPS) is 19.1. The van der Waals surface area contributed by atoms with Crippen molar-refractivity contribution in [1.29, 1.82) is 0 Å². The van der Waals surface area contributed by atoms with Crippen LogP contribution in [-0.2, 0) is 11.4 Å². The minimum atomic E-state index is -0.793. The summed E-state index contributed by atoms with van der Waals surface area (Å²) in [7, 11) is 3.09. The Morgan fingerprint density at radius 2 is 1.88 bits per heavy atom. The molecule has 1 fully saturated rings. The number of carboxylic acids is 1. The molecule has 33 heavy (non-hydrogen) atoms. The Morgan fingerprint density at radius 1 is 1.15 bits per heavy atom. The summed E-state index contributed by atoms with van der Waals surface area (Å²) in [6, 6.07) is 9.20. The van der Waals surface area contributed by atoms with Gasteiger partial charge in [0.15, 0.2) is 11.6 Å². The third-order valence-electron chi connectivity index (χ3n) is 6.99. The van der Waals surface area contributed by atoms with Crippen molar-refractivity contribution in [2.45, 2.75) is 39.2 Å². The maximum Gasteiger partial charge on any atom is 0.310 e. The van der Waals surface area contributed by atoms with Crippen LogP contribution in [0, 0.1) is 17.2 Å². The van der Waals surface area contributed by atoms with Crippen LogP contribution in [0.15, 0.2) is 30.3 Å². The number of rotatable bonds is 6.